The van der Waals surface area contributed by atoms with E-state index >= 15 is 0 Å². The second-order valence-corrected chi connectivity index (χ2v) is 4.55. The zero-order valence-corrected chi connectivity index (χ0v) is 9.71. The summed E-state index contributed by atoms with van der Waals surface area (Å²) in [5.74, 6) is -0.300. The van der Waals surface area contributed by atoms with E-state index in [-0.39, 0.29) is 5.91 Å². The van der Waals surface area contributed by atoms with Crippen LogP contribution in [0.4, 0.5) is 10.5 Å². The van der Waals surface area contributed by atoms with Gasteiger partial charge in [0, 0.05) is 0 Å². The maximum atomic E-state index is 12.0. The molecule has 1 fully saturated rings. The predicted octanol–water partition coefficient (Wildman–Crippen LogP) is 2.17. The Morgan fingerprint density at radius 3 is 2.38 bits per heavy atom. The third-order valence-electron chi connectivity index (χ3n) is 2.45. The minimum Gasteiger partial charge on any atom is -0.323 e. The summed E-state index contributed by atoms with van der Waals surface area (Å²) in [6.45, 7) is 3.31. The number of carbonyl (C=O) groups excluding carboxylic acids is 2. The van der Waals surface area contributed by atoms with Crippen LogP contribution in [-0.4, -0.2) is 17.5 Å². The lowest BCUT2D eigenvalue weighted by Crippen LogP contribution is -2.40. The van der Waals surface area contributed by atoms with Crippen LogP contribution >= 0.6 is 11.6 Å². The van der Waals surface area contributed by atoms with Gasteiger partial charge >= 0.3 is 6.03 Å². The van der Waals surface area contributed by atoms with Gasteiger partial charge in [0.25, 0.3) is 5.91 Å². The third-order valence-corrected chi connectivity index (χ3v) is 2.77. The van der Waals surface area contributed by atoms with E-state index in [1.165, 1.54) is 0 Å². The molecule has 16 heavy (non-hydrogen) atoms. The van der Waals surface area contributed by atoms with E-state index in [9.17, 15) is 9.59 Å². The number of benzene rings is 1. The quantitative estimate of drug-likeness (QED) is 0.763. The number of nitrogens with zero attached hydrogens (tertiary/aromatic N) is 1. The summed E-state index contributed by atoms with van der Waals surface area (Å²) in [6, 6.07) is 6.31. The molecule has 0 radical (unpaired) electrons. The summed E-state index contributed by atoms with van der Waals surface area (Å²) >= 11 is 5.95. The van der Waals surface area contributed by atoms with Gasteiger partial charge in [0.2, 0.25) is 0 Å². The third kappa shape index (κ3) is 1.55. The van der Waals surface area contributed by atoms with Crippen molar-refractivity contribution in [1.29, 1.82) is 0 Å². The molecule has 0 unspecified atom stereocenters. The van der Waals surface area contributed by atoms with Crippen LogP contribution in [0, 0.1) is 0 Å². The Bertz CT molecular complexity index is 471. The Morgan fingerprint density at radius 1 is 1.25 bits per heavy atom. The highest BCUT2D eigenvalue weighted by molar-refractivity contribution is 6.36. The maximum Gasteiger partial charge on any atom is 0.329 e. The molecule has 1 aliphatic heterocycles. The molecule has 3 amide bonds. The first-order chi connectivity index (χ1) is 7.43. The molecule has 0 bridgehead atoms. The Balaban J connectivity index is 2.47. The average molecular weight is 239 g/mol. The lowest BCUT2D eigenvalue weighted by molar-refractivity contribution is -0.120. The number of amides is 3. The van der Waals surface area contributed by atoms with Crippen molar-refractivity contribution in [3.05, 3.63) is 29.3 Å². The van der Waals surface area contributed by atoms with Gasteiger partial charge in [-0.1, -0.05) is 23.7 Å². The molecular formula is C11H11ClN2O2. The van der Waals surface area contributed by atoms with Crippen molar-refractivity contribution in [1.82, 2.24) is 5.32 Å². The summed E-state index contributed by atoms with van der Waals surface area (Å²) in [7, 11) is 0. The number of hydrogen-bond donors (Lipinski definition) is 1. The first-order valence-corrected chi connectivity index (χ1v) is 5.22. The van der Waals surface area contributed by atoms with E-state index in [4.69, 9.17) is 11.6 Å². The summed E-state index contributed by atoms with van der Waals surface area (Å²) in [5, 5.41) is 2.98. The Morgan fingerprint density at radius 2 is 1.88 bits per heavy atom. The normalized spacial score (nSPS) is 18.8. The molecule has 0 aliphatic carbocycles. The molecule has 1 heterocycles. The zero-order chi connectivity index (χ0) is 11.9. The van der Waals surface area contributed by atoms with Crippen molar-refractivity contribution in [3.63, 3.8) is 0 Å². The van der Waals surface area contributed by atoms with E-state index in [1.807, 2.05) is 0 Å². The number of rotatable bonds is 1. The standard InChI is InChI=1S/C11H11ClN2O2/c1-11(2)9(15)14(10(16)13-11)8-6-4-3-5-7(8)12/h3-6H,1-2H3,(H,13,16). The van der Waals surface area contributed by atoms with Crippen molar-refractivity contribution in [2.75, 3.05) is 4.90 Å². The second-order valence-electron chi connectivity index (χ2n) is 4.15. The number of para-hydroxylation sites is 1. The van der Waals surface area contributed by atoms with Gasteiger partial charge in [0.1, 0.15) is 5.54 Å². The number of halogens is 1. The maximum absolute atomic E-state index is 12.0. The summed E-state index contributed by atoms with van der Waals surface area (Å²) in [6.07, 6.45) is 0. The molecule has 1 N–H and O–H groups in total. The van der Waals surface area contributed by atoms with Gasteiger partial charge in [0.15, 0.2) is 0 Å². The largest absolute Gasteiger partial charge is 0.329 e. The smallest absolute Gasteiger partial charge is 0.323 e. The molecule has 1 aliphatic rings. The van der Waals surface area contributed by atoms with Gasteiger partial charge in [-0.25, -0.2) is 9.69 Å². The molecular weight excluding hydrogens is 228 g/mol. The molecule has 84 valence electrons. The van der Waals surface area contributed by atoms with Gasteiger partial charge in [-0.05, 0) is 26.0 Å². The van der Waals surface area contributed by atoms with Crippen molar-refractivity contribution in [3.8, 4) is 0 Å². The minimum atomic E-state index is -0.879. The van der Waals surface area contributed by atoms with Crippen LogP contribution in [0.25, 0.3) is 0 Å². The molecule has 1 saturated heterocycles. The van der Waals surface area contributed by atoms with Crippen molar-refractivity contribution >= 4 is 29.2 Å². The number of carbonyl (C=O) groups is 2. The summed E-state index contributed by atoms with van der Waals surface area (Å²) in [5.41, 5.74) is -0.465. The second kappa shape index (κ2) is 3.49. The molecule has 2 rings (SSSR count). The molecule has 0 saturated carbocycles. The van der Waals surface area contributed by atoms with E-state index < -0.39 is 11.6 Å². The van der Waals surface area contributed by atoms with E-state index in [0.717, 1.165) is 4.90 Å². The van der Waals surface area contributed by atoms with Crippen LogP contribution in [0.3, 0.4) is 0 Å². The Hall–Kier alpha value is -1.55. The monoisotopic (exact) mass is 238 g/mol. The lowest BCUT2D eigenvalue weighted by atomic mass is 10.1. The van der Waals surface area contributed by atoms with Crippen LogP contribution in [0.1, 0.15) is 13.8 Å². The van der Waals surface area contributed by atoms with Gasteiger partial charge in [-0.3, -0.25) is 4.79 Å². The first-order valence-electron chi connectivity index (χ1n) is 4.85. The minimum absolute atomic E-state index is 0.300. The van der Waals surface area contributed by atoms with Gasteiger partial charge in [-0.15, -0.1) is 0 Å². The van der Waals surface area contributed by atoms with Crippen LogP contribution in [-0.2, 0) is 4.79 Å². The summed E-state index contributed by atoms with van der Waals surface area (Å²) < 4.78 is 0. The topological polar surface area (TPSA) is 49.4 Å². The number of imide groups is 1. The van der Waals surface area contributed by atoms with Crippen LogP contribution in [0.15, 0.2) is 24.3 Å². The van der Waals surface area contributed by atoms with E-state index in [0.29, 0.717) is 10.7 Å². The molecule has 1 aromatic rings. The zero-order valence-electron chi connectivity index (χ0n) is 8.95. The molecule has 0 spiro atoms. The highest BCUT2D eigenvalue weighted by Crippen LogP contribution is 2.30. The fourth-order valence-electron chi connectivity index (χ4n) is 1.60. The van der Waals surface area contributed by atoms with Gasteiger partial charge in [-0.2, -0.15) is 0 Å². The van der Waals surface area contributed by atoms with Crippen LogP contribution in [0.2, 0.25) is 5.02 Å². The fraction of sp³-hybridized carbons (Fsp3) is 0.273. The predicted molar refractivity (Wildman–Crippen MR) is 61.5 cm³/mol. The molecule has 0 atom stereocenters. The number of hydrogen-bond acceptors (Lipinski definition) is 2. The lowest BCUT2D eigenvalue weighted by Gasteiger charge is -2.16. The molecule has 1 aromatic carbocycles. The molecule has 5 heteroatoms. The SMILES string of the molecule is CC1(C)NC(=O)N(c2ccccc2Cl)C1=O. The highest BCUT2D eigenvalue weighted by Gasteiger charge is 2.45. The van der Waals surface area contributed by atoms with E-state index in [2.05, 4.69) is 5.32 Å². The highest BCUT2D eigenvalue weighted by atomic mass is 35.5. The van der Waals surface area contributed by atoms with Gasteiger partial charge in [0.05, 0.1) is 10.7 Å². The van der Waals surface area contributed by atoms with Gasteiger partial charge < -0.3 is 5.32 Å². The first kappa shape index (κ1) is 11.0. The Labute approximate surface area is 98.2 Å². The van der Waals surface area contributed by atoms with Crippen molar-refractivity contribution in [2.24, 2.45) is 0 Å². The summed E-state index contributed by atoms with van der Waals surface area (Å²) in [4.78, 5) is 24.7. The molecule has 0 aromatic heterocycles. The number of urea groups is 1. The number of nitrogens with one attached hydrogen (secondary N) is 1. The number of anilines is 1. The average Bonchev–Trinajstić information content (AvgIpc) is 2.39. The van der Waals surface area contributed by atoms with Crippen molar-refractivity contribution < 1.29 is 9.59 Å². The van der Waals surface area contributed by atoms with E-state index in [1.54, 1.807) is 38.1 Å². The fourth-order valence-corrected chi connectivity index (χ4v) is 1.82. The van der Waals surface area contributed by atoms with Crippen molar-refractivity contribution in [2.45, 2.75) is 19.4 Å². The van der Waals surface area contributed by atoms with Crippen LogP contribution < -0.4 is 10.2 Å². The van der Waals surface area contributed by atoms with Crippen LogP contribution in [0.5, 0.6) is 0 Å². The Kier molecular flexibility index (Phi) is 2.39. The molecule has 4 nitrogen and oxygen atoms in total.